The van der Waals surface area contributed by atoms with Crippen molar-refractivity contribution in [2.45, 2.75) is 24.4 Å². The summed E-state index contributed by atoms with van der Waals surface area (Å²) in [5.74, 6) is -0.422. The van der Waals surface area contributed by atoms with Crippen LogP contribution in [0.2, 0.25) is 10.0 Å². The predicted octanol–water partition coefficient (Wildman–Crippen LogP) is 5.06. The molecule has 0 aliphatic rings. The van der Waals surface area contributed by atoms with Gasteiger partial charge < -0.3 is 5.32 Å². The van der Waals surface area contributed by atoms with Crippen LogP contribution in [-0.4, -0.2) is 25.2 Å². The van der Waals surface area contributed by atoms with Gasteiger partial charge in [0, 0.05) is 11.6 Å². The van der Waals surface area contributed by atoms with E-state index < -0.39 is 15.9 Å². The lowest BCUT2D eigenvalue weighted by Gasteiger charge is -2.24. The third kappa shape index (κ3) is 6.08. The van der Waals surface area contributed by atoms with Crippen LogP contribution in [0.15, 0.2) is 83.8 Å². The second-order valence-electron chi connectivity index (χ2n) is 7.03. The Kier molecular flexibility index (Phi) is 7.73. The van der Waals surface area contributed by atoms with Crippen LogP contribution in [0, 0.1) is 0 Å². The SMILES string of the molecule is C[C@H](NC(=O)CN(Cc1ccccc1)S(=O)(=O)c1cc(Cl)ccc1Cl)c1ccccc1. The fraction of sp³-hybridized carbons (Fsp3) is 0.174. The van der Waals surface area contributed by atoms with E-state index in [1.54, 1.807) is 12.1 Å². The number of nitrogens with one attached hydrogen (secondary N) is 1. The highest BCUT2D eigenvalue weighted by Crippen LogP contribution is 2.28. The lowest BCUT2D eigenvalue weighted by Crippen LogP contribution is -2.41. The molecule has 1 N–H and O–H groups in total. The Morgan fingerprint density at radius 1 is 0.968 bits per heavy atom. The Balaban J connectivity index is 1.87. The fourth-order valence-electron chi connectivity index (χ4n) is 3.10. The summed E-state index contributed by atoms with van der Waals surface area (Å²) < 4.78 is 27.9. The zero-order valence-electron chi connectivity index (χ0n) is 16.8. The number of benzene rings is 3. The van der Waals surface area contributed by atoms with E-state index in [1.165, 1.54) is 18.2 Å². The average molecular weight is 477 g/mol. The van der Waals surface area contributed by atoms with Crippen molar-refractivity contribution in [3.8, 4) is 0 Å². The highest BCUT2D eigenvalue weighted by atomic mass is 35.5. The molecule has 0 aliphatic carbocycles. The lowest BCUT2D eigenvalue weighted by molar-refractivity contribution is -0.122. The van der Waals surface area contributed by atoms with Crippen molar-refractivity contribution in [2.24, 2.45) is 0 Å². The largest absolute Gasteiger partial charge is 0.348 e. The molecular formula is C23H22Cl2N2O3S. The standard InChI is InChI=1S/C23H22Cl2N2O3S/c1-17(19-10-6-3-7-11-19)26-23(28)16-27(15-18-8-4-2-5-9-18)31(29,30)22-14-20(24)12-13-21(22)25/h2-14,17H,15-16H2,1H3,(H,26,28)/t17-/m0/s1. The Labute approximate surface area is 192 Å². The molecule has 0 unspecified atom stereocenters. The first kappa shape index (κ1) is 23.3. The maximum Gasteiger partial charge on any atom is 0.245 e. The first-order valence-corrected chi connectivity index (χ1v) is 11.8. The van der Waals surface area contributed by atoms with Gasteiger partial charge in [-0.15, -0.1) is 0 Å². The van der Waals surface area contributed by atoms with Crippen LogP contribution in [-0.2, 0) is 21.4 Å². The van der Waals surface area contributed by atoms with E-state index in [4.69, 9.17) is 23.2 Å². The van der Waals surface area contributed by atoms with Crippen molar-refractivity contribution in [1.82, 2.24) is 9.62 Å². The number of halogens is 2. The maximum atomic E-state index is 13.4. The number of carbonyl (C=O) groups is 1. The average Bonchev–Trinajstić information content (AvgIpc) is 2.76. The molecule has 0 heterocycles. The molecule has 0 aromatic heterocycles. The first-order valence-electron chi connectivity index (χ1n) is 9.61. The molecule has 8 heteroatoms. The summed E-state index contributed by atoms with van der Waals surface area (Å²) in [4.78, 5) is 12.6. The smallest absolute Gasteiger partial charge is 0.245 e. The molecule has 0 radical (unpaired) electrons. The van der Waals surface area contributed by atoms with E-state index in [0.717, 1.165) is 15.4 Å². The molecule has 5 nitrogen and oxygen atoms in total. The van der Waals surface area contributed by atoms with Crippen molar-refractivity contribution < 1.29 is 13.2 Å². The van der Waals surface area contributed by atoms with Gasteiger partial charge >= 0.3 is 0 Å². The summed E-state index contributed by atoms with van der Waals surface area (Å²) in [5.41, 5.74) is 1.67. The number of nitrogens with zero attached hydrogens (tertiary/aromatic N) is 1. The van der Waals surface area contributed by atoms with Crippen molar-refractivity contribution in [1.29, 1.82) is 0 Å². The second-order valence-corrected chi connectivity index (χ2v) is 9.78. The Morgan fingerprint density at radius 2 is 1.58 bits per heavy atom. The molecule has 0 aliphatic heterocycles. The zero-order valence-corrected chi connectivity index (χ0v) is 19.2. The van der Waals surface area contributed by atoms with Crippen LogP contribution in [0.4, 0.5) is 0 Å². The topological polar surface area (TPSA) is 66.5 Å². The van der Waals surface area contributed by atoms with Crippen LogP contribution in [0.25, 0.3) is 0 Å². The van der Waals surface area contributed by atoms with E-state index in [-0.39, 0.29) is 34.1 Å². The number of hydrogen-bond acceptors (Lipinski definition) is 3. The van der Waals surface area contributed by atoms with Gasteiger partial charge in [0.15, 0.2) is 0 Å². The zero-order chi connectivity index (χ0) is 22.4. The van der Waals surface area contributed by atoms with Crippen molar-refractivity contribution in [3.05, 3.63) is 100 Å². The molecule has 0 spiro atoms. The third-order valence-electron chi connectivity index (χ3n) is 4.71. The summed E-state index contributed by atoms with van der Waals surface area (Å²) in [6.07, 6.45) is 0. The molecule has 1 amide bonds. The normalized spacial score (nSPS) is 12.5. The van der Waals surface area contributed by atoms with E-state index in [0.29, 0.717) is 0 Å². The van der Waals surface area contributed by atoms with Crippen molar-refractivity contribution in [2.75, 3.05) is 6.54 Å². The quantitative estimate of drug-likeness (QED) is 0.493. The first-order chi connectivity index (χ1) is 14.8. The highest BCUT2D eigenvalue weighted by molar-refractivity contribution is 7.89. The van der Waals surface area contributed by atoms with Gasteiger partial charge in [-0.05, 0) is 36.2 Å². The summed E-state index contributed by atoms with van der Waals surface area (Å²) >= 11 is 12.2. The molecule has 0 saturated carbocycles. The summed E-state index contributed by atoms with van der Waals surface area (Å²) in [7, 11) is -4.09. The second kappa shape index (κ2) is 10.3. The van der Waals surface area contributed by atoms with Gasteiger partial charge in [-0.3, -0.25) is 4.79 Å². The minimum Gasteiger partial charge on any atom is -0.348 e. The van der Waals surface area contributed by atoms with Crippen LogP contribution >= 0.6 is 23.2 Å². The van der Waals surface area contributed by atoms with Gasteiger partial charge in [0.1, 0.15) is 4.90 Å². The minimum atomic E-state index is -4.09. The monoisotopic (exact) mass is 476 g/mol. The van der Waals surface area contributed by atoms with Crippen LogP contribution < -0.4 is 5.32 Å². The number of hydrogen-bond donors (Lipinski definition) is 1. The molecular weight excluding hydrogens is 455 g/mol. The van der Waals surface area contributed by atoms with Gasteiger partial charge in [0.25, 0.3) is 0 Å². The molecule has 0 fully saturated rings. The van der Waals surface area contributed by atoms with Crippen molar-refractivity contribution in [3.63, 3.8) is 0 Å². The maximum absolute atomic E-state index is 13.4. The van der Waals surface area contributed by atoms with E-state index in [1.807, 2.05) is 55.5 Å². The Morgan fingerprint density at radius 3 is 2.23 bits per heavy atom. The summed E-state index contributed by atoms with van der Waals surface area (Å²) in [6.45, 7) is 1.49. The number of amides is 1. The van der Waals surface area contributed by atoms with Crippen LogP contribution in [0.5, 0.6) is 0 Å². The van der Waals surface area contributed by atoms with E-state index in [2.05, 4.69) is 5.32 Å². The molecule has 3 aromatic carbocycles. The summed E-state index contributed by atoms with van der Waals surface area (Å²) in [6, 6.07) is 22.5. The van der Waals surface area contributed by atoms with Gasteiger partial charge in [-0.1, -0.05) is 83.9 Å². The number of sulfonamides is 1. The molecule has 0 bridgehead atoms. The van der Waals surface area contributed by atoms with Gasteiger partial charge in [-0.25, -0.2) is 8.42 Å². The fourth-order valence-corrected chi connectivity index (χ4v) is 5.22. The number of rotatable bonds is 8. The lowest BCUT2D eigenvalue weighted by atomic mass is 10.1. The van der Waals surface area contributed by atoms with Gasteiger partial charge in [-0.2, -0.15) is 4.31 Å². The van der Waals surface area contributed by atoms with Crippen molar-refractivity contribution >= 4 is 39.1 Å². The Bertz CT molecular complexity index is 1140. The molecule has 0 saturated heterocycles. The predicted molar refractivity (Wildman–Crippen MR) is 123 cm³/mol. The molecule has 1 atom stereocenters. The highest BCUT2D eigenvalue weighted by Gasteiger charge is 2.29. The van der Waals surface area contributed by atoms with Gasteiger partial charge in [0.05, 0.1) is 17.6 Å². The van der Waals surface area contributed by atoms with E-state index >= 15 is 0 Å². The van der Waals surface area contributed by atoms with Gasteiger partial charge in [0.2, 0.25) is 15.9 Å². The third-order valence-corrected chi connectivity index (χ3v) is 7.22. The molecule has 162 valence electrons. The molecule has 3 rings (SSSR count). The minimum absolute atomic E-state index is 0.0130. The summed E-state index contributed by atoms with van der Waals surface area (Å²) in [5, 5.41) is 3.14. The van der Waals surface area contributed by atoms with Crippen LogP contribution in [0.1, 0.15) is 24.1 Å². The number of carbonyl (C=O) groups excluding carboxylic acids is 1. The molecule has 31 heavy (non-hydrogen) atoms. The Hall–Kier alpha value is -2.38. The molecule has 3 aromatic rings. The van der Waals surface area contributed by atoms with Crippen LogP contribution in [0.3, 0.4) is 0 Å². The van der Waals surface area contributed by atoms with E-state index in [9.17, 15) is 13.2 Å².